The Hall–Kier alpha value is -2.39. The van der Waals surface area contributed by atoms with Crippen molar-refractivity contribution in [2.24, 2.45) is 0 Å². The van der Waals surface area contributed by atoms with Crippen LogP contribution >= 0.6 is 0 Å². The van der Waals surface area contributed by atoms with E-state index >= 15 is 0 Å². The summed E-state index contributed by atoms with van der Waals surface area (Å²) in [7, 11) is 1.55. The van der Waals surface area contributed by atoms with Crippen LogP contribution in [-0.4, -0.2) is 53.5 Å². The third kappa shape index (κ3) is 4.71. The van der Waals surface area contributed by atoms with Gasteiger partial charge in [0.1, 0.15) is 6.61 Å². The summed E-state index contributed by atoms with van der Waals surface area (Å²) in [4.78, 5) is 28.8. The molecule has 0 saturated carbocycles. The highest BCUT2D eigenvalue weighted by molar-refractivity contribution is 5.96. The van der Waals surface area contributed by atoms with E-state index in [0.717, 1.165) is 0 Å². The lowest BCUT2D eigenvalue weighted by Crippen LogP contribution is -2.38. The Morgan fingerprint density at radius 1 is 1.45 bits per heavy atom. The summed E-state index contributed by atoms with van der Waals surface area (Å²) >= 11 is 0. The van der Waals surface area contributed by atoms with Gasteiger partial charge in [-0.25, -0.2) is 0 Å². The molecular weight excluding hydrogens is 258 g/mol. The van der Waals surface area contributed by atoms with Crippen LogP contribution < -0.4 is 5.32 Å². The summed E-state index contributed by atoms with van der Waals surface area (Å²) in [5, 5.41) is 11.3. The van der Waals surface area contributed by atoms with E-state index < -0.39 is 0 Å². The maximum atomic E-state index is 12.1. The Labute approximate surface area is 117 Å². The van der Waals surface area contributed by atoms with Crippen molar-refractivity contribution < 1.29 is 14.7 Å². The lowest BCUT2D eigenvalue weighted by atomic mass is 10.2. The molecule has 20 heavy (non-hydrogen) atoms. The second-order valence-electron chi connectivity index (χ2n) is 4.04. The van der Waals surface area contributed by atoms with Crippen molar-refractivity contribution in [3.05, 3.63) is 29.6 Å². The average Bonchev–Trinajstić information content (AvgIpc) is 2.44. The lowest BCUT2D eigenvalue weighted by molar-refractivity contribution is -0.121. The molecule has 6 nitrogen and oxygen atoms in total. The molecule has 1 aromatic rings. The molecular formula is C14H17N3O3. The molecule has 0 aliphatic heterocycles. The van der Waals surface area contributed by atoms with E-state index in [9.17, 15) is 9.59 Å². The average molecular weight is 275 g/mol. The summed E-state index contributed by atoms with van der Waals surface area (Å²) in [5.74, 6) is 4.64. The van der Waals surface area contributed by atoms with Crippen LogP contribution in [0, 0.1) is 11.8 Å². The highest BCUT2D eigenvalue weighted by Crippen LogP contribution is 2.05. The molecule has 0 aromatic carbocycles. The molecule has 0 saturated heterocycles. The monoisotopic (exact) mass is 275 g/mol. The number of rotatable bonds is 4. The SMILES string of the molecule is CCNC(=O)CN(C)C(=O)c1cncc(C#CCO)c1. The molecule has 1 aromatic heterocycles. The van der Waals surface area contributed by atoms with Crippen LogP contribution in [0.2, 0.25) is 0 Å². The Morgan fingerprint density at radius 2 is 2.20 bits per heavy atom. The molecule has 1 rings (SSSR count). The summed E-state index contributed by atoms with van der Waals surface area (Å²) in [6.07, 6.45) is 2.92. The molecule has 0 aliphatic carbocycles. The summed E-state index contributed by atoms with van der Waals surface area (Å²) in [6.45, 7) is 2.07. The van der Waals surface area contributed by atoms with Gasteiger partial charge in [-0.2, -0.15) is 0 Å². The largest absolute Gasteiger partial charge is 0.384 e. The molecule has 0 radical (unpaired) electrons. The summed E-state index contributed by atoms with van der Waals surface area (Å²) < 4.78 is 0. The fourth-order valence-corrected chi connectivity index (χ4v) is 1.53. The first-order chi connectivity index (χ1) is 9.58. The lowest BCUT2D eigenvalue weighted by Gasteiger charge is -2.16. The number of pyridine rings is 1. The number of nitrogens with zero attached hydrogens (tertiary/aromatic N) is 2. The normalized spacial score (nSPS) is 9.35. The number of amides is 2. The summed E-state index contributed by atoms with van der Waals surface area (Å²) in [5.41, 5.74) is 0.887. The van der Waals surface area contributed by atoms with Gasteiger partial charge < -0.3 is 15.3 Å². The van der Waals surface area contributed by atoms with Crippen molar-refractivity contribution in [3.8, 4) is 11.8 Å². The molecule has 0 unspecified atom stereocenters. The minimum Gasteiger partial charge on any atom is -0.384 e. The van der Waals surface area contributed by atoms with Gasteiger partial charge >= 0.3 is 0 Å². The first-order valence-corrected chi connectivity index (χ1v) is 6.15. The minimum absolute atomic E-state index is 0.0147. The van der Waals surface area contributed by atoms with Crippen LogP contribution in [-0.2, 0) is 4.79 Å². The van der Waals surface area contributed by atoms with Crippen LogP contribution in [0.15, 0.2) is 18.5 Å². The Bertz CT molecular complexity index is 546. The van der Waals surface area contributed by atoms with E-state index in [1.54, 1.807) is 13.1 Å². The van der Waals surface area contributed by atoms with Crippen molar-refractivity contribution in [1.29, 1.82) is 0 Å². The molecule has 0 atom stereocenters. The molecule has 0 spiro atoms. The van der Waals surface area contributed by atoms with Crippen LogP contribution in [0.25, 0.3) is 0 Å². The van der Waals surface area contributed by atoms with Crippen LogP contribution in [0.5, 0.6) is 0 Å². The van der Waals surface area contributed by atoms with E-state index in [4.69, 9.17) is 5.11 Å². The van der Waals surface area contributed by atoms with Crippen molar-refractivity contribution in [2.75, 3.05) is 26.7 Å². The quantitative estimate of drug-likeness (QED) is 0.735. The number of hydrogen-bond acceptors (Lipinski definition) is 4. The van der Waals surface area contributed by atoms with Crippen molar-refractivity contribution >= 4 is 11.8 Å². The molecule has 2 amide bonds. The Morgan fingerprint density at radius 3 is 2.85 bits per heavy atom. The second kappa shape index (κ2) is 7.92. The van der Waals surface area contributed by atoms with Crippen molar-refractivity contribution in [1.82, 2.24) is 15.2 Å². The Kier molecular flexibility index (Phi) is 6.20. The second-order valence-corrected chi connectivity index (χ2v) is 4.04. The third-order valence-electron chi connectivity index (χ3n) is 2.40. The molecule has 2 N–H and O–H groups in total. The number of carbonyl (C=O) groups excluding carboxylic acids is 2. The number of aromatic nitrogens is 1. The maximum Gasteiger partial charge on any atom is 0.255 e. The van der Waals surface area contributed by atoms with Gasteiger partial charge in [0.05, 0.1) is 12.1 Å². The van der Waals surface area contributed by atoms with E-state index in [-0.39, 0.29) is 25.0 Å². The van der Waals surface area contributed by atoms with E-state index in [0.29, 0.717) is 17.7 Å². The smallest absolute Gasteiger partial charge is 0.255 e. The molecule has 0 bridgehead atoms. The molecule has 106 valence electrons. The third-order valence-corrected chi connectivity index (χ3v) is 2.40. The molecule has 6 heteroatoms. The van der Waals surface area contributed by atoms with Gasteiger partial charge in [-0.15, -0.1) is 0 Å². The zero-order valence-corrected chi connectivity index (χ0v) is 11.5. The maximum absolute atomic E-state index is 12.1. The molecule has 1 heterocycles. The van der Waals surface area contributed by atoms with Crippen molar-refractivity contribution in [3.63, 3.8) is 0 Å². The van der Waals surface area contributed by atoms with Gasteiger partial charge in [0, 0.05) is 31.5 Å². The number of carbonyl (C=O) groups is 2. The van der Waals surface area contributed by atoms with Gasteiger partial charge in [0.15, 0.2) is 0 Å². The zero-order chi connectivity index (χ0) is 15.0. The number of nitrogens with one attached hydrogen (secondary N) is 1. The first kappa shape index (κ1) is 15.7. The van der Waals surface area contributed by atoms with Gasteiger partial charge in [-0.3, -0.25) is 14.6 Å². The highest BCUT2D eigenvalue weighted by atomic mass is 16.2. The number of hydrogen-bond donors (Lipinski definition) is 2. The number of aliphatic hydroxyl groups is 1. The topological polar surface area (TPSA) is 82.5 Å². The number of aliphatic hydroxyl groups excluding tert-OH is 1. The van der Waals surface area contributed by atoms with E-state index in [1.807, 2.05) is 6.92 Å². The van der Waals surface area contributed by atoms with Gasteiger partial charge in [0.2, 0.25) is 5.91 Å². The molecule has 0 aliphatic rings. The van der Waals surface area contributed by atoms with Gasteiger partial charge in [-0.1, -0.05) is 11.8 Å². The van der Waals surface area contributed by atoms with Gasteiger partial charge in [0.25, 0.3) is 5.91 Å². The Balaban J connectivity index is 2.78. The van der Waals surface area contributed by atoms with Crippen LogP contribution in [0.4, 0.5) is 0 Å². The molecule has 0 fully saturated rings. The fraction of sp³-hybridized carbons (Fsp3) is 0.357. The van der Waals surface area contributed by atoms with Crippen LogP contribution in [0.1, 0.15) is 22.8 Å². The predicted octanol–water partition coefficient (Wildman–Crippen LogP) is -0.367. The van der Waals surface area contributed by atoms with E-state index in [1.165, 1.54) is 17.3 Å². The zero-order valence-electron chi connectivity index (χ0n) is 11.5. The van der Waals surface area contributed by atoms with Crippen LogP contribution in [0.3, 0.4) is 0 Å². The summed E-state index contributed by atoms with van der Waals surface area (Å²) in [6, 6.07) is 1.58. The standard InChI is InChI=1S/C14H17N3O3/c1-3-16-13(19)10-17(2)14(20)12-7-11(5-4-6-18)8-15-9-12/h7-9,18H,3,6,10H2,1-2H3,(H,16,19). The number of likely N-dealkylation sites (N-methyl/N-ethyl adjacent to an activating group) is 2. The van der Waals surface area contributed by atoms with E-state index in [2.05, 4.69) is 22.1 Å². The minimum atomic E-state index is -0.309. The first-order valence-electron chi connectivity index (χ1n) is 6.15. The predicted molar refractivity (Wildman–Crippen MR) is 73.8 cm³/mol. The van der Waals surface area contributed by atoms with Crippen molar-refractivity contribution in [2.45, 2.75) is 6.92 Å². The fourth-order valence-electron chi connectivity index (χ4n) is 1.53. The van der Waals surface area contributed by atoms with Gasteiger partial charge in [-0.05, 0) is 13.0 Å². The highest BCUT2D eigenvalue weighted by Gasteiger charge is 2.15.